The lowest BCUT2D eigenvalue weighted by atomic mass is 10.1. The Hall–Kier alpha value is -1.84. The minimum absolute atomic E-state index is 0.0258. The molecule has 26 heavy (non-hydrogen) atoms. The average Bonchev–Trinajstić information content (AvgIpc) is 2.55. The molecular formula is C16H15Cl2NO6S. The highest BCUT2D eigenvalue weighted by Gasteiger charge is 2.29. The van der Waals surface area contributed by atoms with Gasteiger partial charge >= 0.3 is 16.1 Å². The van der Waals surface area contributed by atoms with Crippen molar-refractivity contribution in [3.05, 3.63) is 58.1 Å². The zero-order chi connectivity index (χ0) is 19.5. The summed E-state index contributed by atoms with van der Waals surface area (Å²) >= 11 is 11.6. The summed E-state index contributed by atoms with van der Waals surface area (Å²) < 4.78 is 29.6. The number of halogens is 2. The van der Waals surface area contributed by atoms with Gasteiger partial charge in [0.2, 0.25) is 0 Å². The van der Waals surface area contributed by atoms with Crippen molar-refractivity contribution in [3.8, 4) is 5.75 Å². The van der Waals surface area contributed by atoms with Gasteiger partial charge in [-0.2, -0.15) is 17.8 Å². The zero-order valence-corrected chi connectivity index (χ0v) is 15.8. The molecule has 0 aromatic heterocycles. The van der Waals surface area contributed by atoms with Gasteiger partial charge in [-0.05, 0) is 35.9 Å². The van der Waals surface area contributed by atoms with Crippen molar-refractivity contribution in [3.63, 3.8) is 0 Å². The van der Waals surface area contributed by atoms with Crippen molar-refractivity contribution >= 4 is 39.3 Å². The molecule has 7 nitrogen and oxygen atoms in total. The molecule has 0 aliphatic carbocycles. The number of hydroxylamine groups is 2. The van der Waals surface area contributed by atoms with Crippen molar-refractivity contribution < 1.29 is 27.7 Å². The Kier molecular flexibility index (Phi) is 6.48. The molecule has 1 atom stereocenters. The van der Waals surface area contributed by atoms with E-state index in [-0.39, 0.29) is 27.1 Å². The highest BCUT2D eigenvalue weighted by atomic mass is 35.5. The van der Waals surface area contributed by atoms with Crippen molar-refractivity contribution in [2.45, 2.75) is 17.4 Å². The Morgan fingerprint density at radius 1 is 1.15 bits per heavy atom. The van der Waals surface area contributed by atoms with Crippen LogP contribution < -0.4 is 0 Å². The first-order valence-electron chi connectivity index (χ1n) is 7.23. The molecule has 0 heterocycles. The van der Waals surface area contributed by atoms with Gasteiger partial charge in [0.05, 0.1) is 14.9 Å². The largest absolute Gasteiger partial charge is 0.508 e. The SMILES string of the molecule is CN(OS(=O)(=O)c1ccc(Cl)c(Cl)c1)[C@@H](Cc1ccc(O)cc1)C(=O)O. The van der Waals surface area contributed by atoms with Crippen molar-refractivity contribution in [1.29, 1.82) is 0 Å². The first kappa shape index (κ1) is 20.5. The highest BCUT2D eigenvalue weighted by molar-refractivity contribution is 7.86. The summed E-state index contributed by atoms with van der Waals surface area (Å²) in [6.07, 6.45) is -0.0387. The molecule has 0 amide bonds. The molecule has 0 spiro atoms. The lowest BCUT2D eigenvalue weighted by Crippen LogP contribution is -2.41. The molecule has 0 radical (unpaired) electrons. The van der Waals surface area contributed by atoms with Gasteiger partial charge in [0.15, 0.2) is 0 Å². The topological polar surface area (TPSA) is 104 Å². The second-order valence-electron chi connectivity index (χ2n) is 5.38. The standard InChI is InChI=1S/C16H15Cl2NO6S/c1-19(15(16(21)22)8-10-2-4-11(20)5-3-10)25-26(23,24)12-6-7-13(17)14(18)9-12/h2-7,9,15,20H,8H2,1H3,(H,21,22)/t15-/m0/s1. The van der Waals surface area contributed by atoms with Crippen LogP contribution in [0.1, 0.15) is 5.56 Å². The van der Waals surface area contributed by atoms with E-state index in [0.29, 0.717) is 5.56 Å². The van der Waals surface area contributed by atoms with Crippen LogP contribution in [0.5, 0.6) is 5.75 Å². The molecule has 2 rings (SSSR count). The Morgan fingerprint density at radius 3 is 2.31 bits per heavy atom. The Morgan fingerprint density at radius 2 is 1.77 bits per heavy atom. The Balaban J connectivity index is 2.20. The fraction of sp³-hybridized carbons (Fsp3) is 0.188. The molecule has 0 saturated heterocycles. The predicted octanol–water partition coefficient (Wildman–Crippen LogP) is 2.95. The number of hydrogen-bond acceptors (Lipinski definition) is 6. The van der Waals surface area contributed by atoms with Crippen LogP contribution >= 0.6 is 23.2 Å². The first-order valence-corrected chi connectivity index (χ1v) is 9.40. The molecule has 10 heteroatoms. The minimum atomic E-state index is -4.30. The number of aliphatic carboxylic acids is 1. The summed E-state index contributed by atoms with van der Waals surface area (Å²) in [5.41, 5.74) is 0.581. The van der Waals surface area contributed by atoms with Crippen LogP contribution in [0.2, 0.25) is 10.0 Å². The third-order valence-electron chi connectivity index (χ3n) is 3.48. The number of aromatic hydroxyl groups is 1. The quantitative estimate of drug-likeness (QED) is 0.664. The Labute approximate surface area is 160 Å². The molecule has 2 N–H and O–H groups in total. The third-order valence-corrected chi connectivity index (χ3v) is 5.49. The third kappa shape index (κ3) is 5.09. The number of nitrogens with zero attached hydrogens (tertiary/aromatic N) is 1. The van der Waals surface area contributed by atoms with Crippen LogP contribution in [0.4, 0.5) is 0 Å². The van der Waals surface area contributed by atoms with Gasteiger partial charge in [0.1, 0.15) is 11.8 Å². The van der Waals surface area contributed by atoms with E-state index in [9.17, 15) is 23.4 Å². The van der Waals surface area contributed by atoms with Gasteiger partial charge in [0.25, 0.3) is 0 Å². The van der Waals surface area contributed by atoms with E-state index in [1.807, 2.05) is 0 Å². The number of hydrogen-bond donors (Lipinski definition) is 2. The van der Waals surface area contributed by atoms with Crippen LogP contribution in [-0.2, 0) is 25.6 Å². The van der Waals surface area contributed by atoms with Gasteiger partial charge in [-0.25, -0.2) is 0 Å². The van der Waals surface area contributed by atoms with Gasteiger partial charge in [-0.1, -0.05) is 35.3 Å². The van der Waals surface area contributed by atoms with E-state index in [1.54, 1.807) is 0 Å². The minimum Gasteiger partial charge on any atom is -0.508 e. The van der Waals surface area contributed by atoms with Crippen LogP contribution in [0.15, 0.2) is 47.4 Å². The van der Waals surface area contributed by atoms with Crippen LogP contribution in [0.25, 0.3) is 0 Å². The first-order chi connectivity index (χ1) is 12.1. The summed E-state index contributed by atoms with van der Waals surface area (Å²) in [5, 5.41) is 19.6. The van der Waals surface area contributed by atoms with E-state index in [2.05, 4.69) is 0 Å². The average molecular weight is 420 g/mol. The van der Waals surface area contributed by atoms with Gasteiger partial charge < -0.3 is 10.2 Å². The van der Waals surface area contributed by atoms with Gasteiger partial charge in [0, 0.05) is 13.5 Å². The van der Waals surface area contributed by atoms with E-state index in [0.717, 1.165) is 11.1 Å². The van der Waals surface area contributed by atoms with E-state index < -0.39 is 22.1 Å². The summed E-state index contributed by atoms with van der Waals surface area (Å²) in [4.78, 5) is 11.3. The second-order valence-corrected chi connectivity index (χ2v) is 7.72. The molecule has 140 valence electrons. The molecular weight excluding hydrogens is 405 g/mol. The predicted molar refractivity (Wildman–Crippen MR) is 95.7 cm³/mol. The normalized spacial score (nSPS) is 12.9. The number of benzene rings is 2. The maximum absolute atomic E-state index is 12.3. The van der Waals surface area contributed by atoms with Gasteiger partial charge in [-0.3, -0.25) is 4.79 Å². The zero-order valence-electron chi connectivity index (χ0n) is 13.5. The summed E-state index contributed by atoms with van der Waals surface area (Å²) in [7, 11) is -3.09. The summed E-state index contributed by atoms with van der Waals surface area (Å²) in [5.74, 6) is -1.24. The van der Waals surface area contributed by atoms with Crippen molar-refractivity contribution in [1.82, 2.24) is 5.06 Å². The van der Waals surface area contributed by atoms with Crippen LogP contribution in [0, 0.1) is 0 Å². The van der Waals surface area contributed by atoms with E-state index in [1.165, 1.54) is 43.4 Å². The summed E-state index contributed by atoms with van der Waals surface area (Å²) in [6, 6.07) is 8.21. The maximum Gasteiger partial charge on any atom is 0.323 e. The number of likely N-dealkylation sites (N-methyl/N-ethyl adjacent to an activating group) is 1. The number of carboxylic acid groups (broad SMARTS) is 1. The molecule has 0 aliphatic heterocycles. The molecule has 0 aliphatic rings. The van der Waals surface area contributed by atoms with E-state index in [4.69, 9.17) is 27.5 Å². The second kappa shape index (κ2) is 8.24. The van der Waals surface area contributed by atoms with E-state index >= 15 is 0 Å². The monoisotopic (exact) mass is 419 g/mol. The fourth-order valence-electron chi connectivity index (χ4n) is 2.11. The smallest absolute Gasteiger partial charge is 0.323 e. The fourth-order valence-corrected chi connectivity index (χ4v) is 3.47. The lowest BCUT2D eigenvalue weighted by Gasteiger charge is -2.23. The van der Waals surface area contributed by atoms with Crippen molar-refractivity contribution in [2.75, 3.05) is 7.05 Å². The lowest BCUT2D eigenvalue weighted by molar-refractivity contribution is -0.155. The molecule has 0 unspecified atom stereocenters. The molecule has 0 fully saturated rings. The molecule has 0 bridgehead atoms. The number of carbonyl (C=O) groups is 1. The molecule has 2 aromatic rings. The van der Waals surface area contributed by atoms with Crippen molar-refractivity contribution in [2.24, 2.45) is 0 Å². The molecule has 0 saturated carbocycles. The maximum atomic E-state index is 12.3. The molecule has 2 aromatic carbocycles. The highest BCUT2D eigenvalue weighted by Crippen LogP contribution is 2.26. The number of phenols is 1. The Bertz CT molecular complexity index is 901. The number of rotatable bonds is 7. The van der Waals surface area contributed by atoms with Crippen LogP contribution in [0.3, 0.4) is 0 Å². The number of carboxylic acids is 1. The number of phenolic OH excluding ortho intramolecular Hbond substituents is 1. The summed E-state index contributed by atoms with van der Waals surface area (Å²) in [6.45, 7) is 0. The van der Waals surface area contributed by atoms with Gasteiger partial charge in [-0.15, -0.1) is 0 Å². The van der Waals surface area contributed by atoms with Crippen LogP contribution in [-0.4, -0.2) is 42.8 Å².